The van der Waals surface area contributed by atoms with Gasteiger partial charge < -0.3 is 9.32 Å². The van der Waals surface area contributed by atoms with E-state index in [4.69, 9.17) is 4.42 Å². The molecule has 0 bridgehead atoms. The van der Waals surface area contributed by atoms with Crippen molar-refractivity contribution in [3.8, 4) is 55.6 Å². The van der Waals surface area contributed by atoms with Crippen LogP contribution in [0.15, 0.2) is 229 Å². The Morgan fingerprint density at radius 3 is 1.53 bits per heavy atom. The summed E-state index contributed by atoms with van der Waals surface area (Å²) in [6, 6.07) is 83.2. The minimum atomic E-state index is -0.444. The molecular weight excluding hydrogens is 799 g/mol. The normalized spacial score (nSPS) is 14.2. The van der Waals surface area contributed by atoms with Gasteiger partial charge in [-0.25, -0.2) is 0 Å². The zero-order valence-electron chi connectivity index (χ0n) is 36.7. The van der Waals surface area contributed by atoms with Gasteiger partial charge >= 0.3 is 0 Å². The summed E-state index contributed by atoms with van der Waals surface area (Å²) in [5.74, 6) is 0. The molecule has 0 N–H and O–H groups in total. The Kier molecular flexibility index (Phi) is 7.70. The molecule has 0 amide bonds. The van der Waals surface area contributed by atoms with E-state index in [0.29, 0.717) is 0 Å². The molecule has 0 atom stereocenters. The first-order valence-electron chi connectivity index (χ1n) is 23.1. The van der Waals surface area contributed by atoms with Gasteiger partial charge in [-0.3, -0.25) is 0 Å². The topological polar surface area (TPSA) is 16.4 Å². The summed E-state index contributed by atoms with van der Waals surface area (Å²) < 4.78 is 6.52. The van der Waals surface area contributed by atoms with E-state index in [-0.39, 0.29) is 5.41 Å². The number of anilines is 3. The Morgan fingerprint density at radius 2 is 0.833 bits per heavy atom. The van der Waals surface area contributed by atoms with Gasteiger partial charge in [0.1, 0.15) is 11.2 Å². The summed E-state index contributed by atoms with van der Waals surface area (Å²) in [4.78, 5) is 2.47. The maximum atomic E-state index is 6.52. The zero-order valence-corrected chi connectivity index (χ0v) is 36.7. The third kappa shape index (κ3) is 4.96. The predicted octanol–water partition coefficient (Wildman–Crippen LogP) is 17.0. The smallest absolute Gasteiger partial charge is 0.143 e. The Balaban J connectivity index is 0.951. The molecule has 0 fully saturated rings. The molecule has 3 aliphatic carbocycles. The fourth-order valence-electron chi connectivity index (χ4n) is 12.2. The van der Waals surface area contributed by atoms with Crippen LogP contribution in [0.3, 0.4) is 0 Å². The van der Waals surface area contributed by atoms with Gasteiger partial charge in [-0.05, 0) is 120 Å². The lowest BCUT2D eigenvalue weighted by molar-refractivity contribution is 0.660. The number of rotatable bonds is 5. The molecule has 0 saturated carbocycles. The third-order valence-electron chi connectivity index (χ3n) is 15.1. The second-order valence-corrected chi connectivity index (χ2v) is 18.7. The molecule has 0 saturated heterocycles. The Morgan fingerprint density at radius 1 is 0.348 bits per heavy atom. The van der Waals surface area contributed by atoms with Crippen molar-refractivity contribution in [1.29, 1.82) is 0 Å². The van der Waals surface area contributed by atoms with Crippen LogP contribution in [0.25, 0.3) is 77.6 Å². The fourth-order valence-corrected chi connectivity index (χ4v) is 12.2. The van der Waals surface area contributed by atoms with Crippen molar-refractivity contribution in [1.82, 2.24) is 0 Å². The van der Waals surface area contributed by atoms with E-state index in [1.165, 1.54) is 77.9 Å². The average molecular weight is 842 g/mol. The Labute approximate surface area is 384 Å². The lowest BCUT2D eigenvalue weighted by Gasteiger charge is -2.32. The second kappa shape index (κ2) is 13.7. The summed E-state index contributed by atoms with van der Waals surface area (Å²) in [6.45, 7) is 4.71. The molecule has 11 aromatic rings. The number of furan rings is 1. The molecule has 0 aliphatic heterocycles. The molecule has 10 aromatic carbocycles. The number of benzene rings is 10. The van der Waals surface area contributed by atoms with Gasteiger partial charge in [0.15, 0.2) is 0 Å². The lowest BCUT2D eigenvalue weighted by atomic mass is 9.70. The molecule has 1 aromatic heterocycles. The summed E-state index contributed by atoms with van der Waals surface area (Å²) in [7, 11) is 0. The third-order valence-corrected chi connectivity index (χ3v) is 15.1. The SMILES string of the molecule is CC1(C)c2ccccc2-c2ccc(-c3ccc(N(c4ccc(-c5cccc6c5oc5ccccc56)cc4)c4cccc5c4-c4ccccc4C54c5ccccc5-c5ccccc54)cc3)cc21. The van der Waals surface area contributed by atoms with E-state index in [2.05, 4.69) is 237 Å². The van der Waals surface area contributed by atoms with Crippen LogP contribution in [0.2, 0.25) is 0 Å². The van der Waals surface area contributed by atoms with Gasteiger partial charge in [-0.2, -0.15) is 0 Å². The molecule has 2 nitrogen and oxygen atoms in total. The summed E-state index contributed by atoms with van der Waals surface area (Å²) in [5, 5.41) is 2.27. The molecule has 14 rings (SSSR count). The van der Waals surface area contributed by atoms with Gasteiger partial charge in [-0.15, -0.1) is 0 Å². The molecule has 0 radical (unpaired) electrons. The van der Waals surface area contributed by atoms with E-state index >= 15 is 0 Å². The standard InChI is InChI=1S/C64H43NO/c1-63(2)53-22-8-3-15-46(53)49-38-33-42(39-58(49)63)40-29-34-43(35-30-40)65(44-36-31-41(32-37-44)45-20-13-21-51-50-18-7-12-28-60(50)66-62(45)51)59-27-14-26-57-61(59)52-19-6-11-25-56(52)64(57)54-23-9-4-16-47(54)48-17-5-10-24-55(48)64/h3-39H,1-2H3. The van der Waals surface area contributed by atoms with Gasteiger partial charge in [-0.1, -0.05) is 196 Å². The van der Waals surface area contributed by atoms with Crippen molar-refractivity contribution < 1.29 is 4.42 Å². The van der Waals surface area contributed by atoms with Gasteiger partial charge in [0, 0.05) is 38.7 Å². The van der Waals surface area contributed by atoms with Crippen molar-refractivity contribution >= 4 is 39.0 Å². The van der Waals surface area contributed by atoms with E-state index in [1.54, 1.807) is 0 Å². The summed E-state index contributed by atoms with van der Waals surface area (Å²) >= 11 is 0. The second-order valence-electron chi connectivity index (χ2n) is 18.7. The minimum Gasteiger partial charge on any atom is -0.455 e. The van der Waals surface area contributed by atoms with Crippen LogP contribution in [-0.4, -0.2) is 0 Å². The molecular formula is C64H43NO. The molecule has 1 spiro atoms. The monoisotopic (exact) mass is 841 g/mol. The highest BCUT2D eigenvalue weighted by Gasteiger charge is 2.52. The summed E-state index contributed by atoms with van der Waals surface area (Å²) in [5.41, 5.74) is 25.2. The maximum Gasteiger partial charge on any atom is 0.143 e. The van der Waals surface area contributed by atoms with E-state index in [0.717, 1.165) is 50.1 Å². The molecule has 310 valence electrons. The number of hydrogen-bond acceptors (Lipinski definition) is 2. The molecule has 1 heterocycles. The van der Waals surface area contributed by atoms with Crippen molar-refractivity contribution in [3.63, 3.8) is 0 Å². The number of para-hydroxylation sites is 2. The zero-order chi connectivity index (χ0) is 43.7. The van der Waals surface area contributed by atoms with Crippen molar-refractivity contribution in [2.24, 2.45) is 0 Å². The van der Waals surface area contributed by atoms with E-state index in [1.807, 2.05) is 6.07 Å². The van der Waals surface area contributed by atoms with E-state index in [9.17, 15) is 0 Å². The van der Waals surface area contributed by atoms with Gasteiger partial charge in [0.25, 0.3) is 0 Å². The fraction of sp³-hybridized carbons (Fsp3) is 0.0625. The quantitative estimate of drug-likeness (QED) is 0.172. The predicted molar refractivity (Wildman–Crippen MR) is 273 cm³/mol. The average Bonchev–Trinajstić information content (AvgIpc) is 4.07. The number of nitrogens with zero attached hydrogens (tertiary/aromatic N) is 1. The summed E-state index contributed by atoms with van der Waals surface area (Å²) in [6.07, 6.45) is 0. The number of fused-ring (bicyclic) bond motifs is 16. The van der Waals surface area contributed by atoms with Crippen LogP contribution < -0.4 is 4.90 Å². The van der Waals surface area contributed by atoms with Crippen LogP contribution in [0.4, 0.5) is 17.1 Å². The highest BCUT2D eigenvalue weighted by atomic mass is 16.3. The lowest BCUT2D eigenvalue weighted by Crippen LogP contribution is -2.26. The van der Waals surface area contributed by atoms with Crippen molar-refractivity contribution in [2.75, 3.05) is 4.90 Å². The highest BCUT2D eigenvalue weighted by molar-refractivity contribution is 6.10. The van der Waals surface area contributed by atoms with Gasteiger partial charge in [0.2, 0.25) is 0 Å². The molecule has 3 aliphatic rings. The molecule has 0 unspecified atom stereocenters. The maximum absolute atomic E-state index is 6.52. The largest absolute Gasteiger partial charge is 0.455 e. The van der Waals surface area contributed by atoms with Crippen molar-refractivity contribution in [3.05, 3.63) is 258 Å². The van der Waals surface area contributed by atoms with E-state index < -0.39 is 5.41 Å². The highest BCUT2D eigenvalue weighted by Crippen LogP contribution is 2.64. The first-order valence-corrected chi connectivity index (χ1v) is 23.1. The van der Waals surface area contributed by atoms with Crippen LogP contribution >= 0.6 is 0 Å². The van der Waals surface area contributed by atoms with Crippen LogP contribution in [0.5, 0.6) is 0 Å². The molecule has 66 heavy (non-hydrogen) atoms. The van der Waals surface area contributed by atoms with Gasteiger partial charge in [0.05, 0.1) is 11.1 Å². The molecule has 2 heteroatoms. The van der Waals surface area contributed by atoms with Crippen LogP contribution in [0.1, 0.15) is 47.2 Å². The minimum absolute atomic E-state index is 0.0670. The Bertz CT molecular complexity index is 3750. The first-order chi connectivity index (χ1) is 32.5. The first kappa shape index (κ1) is 37.2. The van der Waals surface area contributed by atoms with Crippen LogP contribution in [-0.2, 0) is 10.8 Å². The Hall–Kier alpha value is -8.20. The van der Waals surface area contributed by atoms with Crippen molar-refractivity contribution in [2.45, 2.75) is 24.7 Å². The number of hydrogen-bond donors (Lipinski definition) is 0. The van der Waals surface area contributed by atoms with Crippen LogP contribution in [0, 0.1) is 0 Å².